The van der Waals surface area contributed by atoms with E-state index in [0.717, 1.165) is 37.0 Å². The molecule has 0 aromatic heterocycles. The van der Waals surface area contributed by atoms with Crippen LogP contribution in [0.15, 0.2) is 0 Å². The normalized spacial score (nSPS) is 30.8. The Balaban J connectivity index is 1.47. The van der Waals surface area contributed by atoms with Crippen molar-refractivity contribution in [1.29, 1.82) is 0 Å². The predicted octanol–water partition coefficient (Wildman–Crippen LogP) is 0.567. The quantitative estimate of drug-likeness (QED) is 0.748. The summed E-state index contributed by atoms with van der Waals surface area (Å²) in [5.41, 5.74) is -0.853. The summed E-state index contributed by atoms with van der Waals surface area (Å²) >= 11 is 0. The van der Waals surface area contributed by atoms with Crippen molar-refractivity contribution in [1.82, 2.24) is 14.7 Å². The Morgan fingerprint density at radius 2 is 1.83 bits per heavy atom. The first-order chi connectivity index (χ1) is 11.4. The zero-order valence-corrected chi connectivity index (χ0v) is 14.2. The van der Waals surface area contributed by atoms with E-state index in [9.17, 15) is 19.5 Å². The third-order valence-corrected chi connectivity index (χ3v) is 6.63. The fourth-order valence-corrected chi connectivity index (χ4v) is 4.70. The summed E-state index contributed by atoms with van der Waals surface area (Å²) in [5.74, 6) is -0.454. The van der Waals surface area contributed by atoms with Crippen molar-refractivity contribution in [2.24, 2.45) is 5.41 Å². The summed E-state index contributed by atoms with van der Waals surface area (Å²) in [6, 6.07) is -0.365. The predicted molar refractivity (Wildman–Crippen MR) is 84.9 cm³/mol. The molecule has 1 unspecified atom stereocenters. The first-order valence-electron chi connectivity index (χ1n) is 8.95. The smallest absolute Gasteiger partial charge is 0.327 e. The average molecular weight is 335 g/mol. The van der Waals surface area contributed by atoms with E-state index in [1.54, 1.807) is 16.8 Å². The maximum atomic E-state index is 12.9. The molecule has 0 radical (unpaired) electrons. The molecule has 4 amide bonds. The van der Waals surface area contributed by atoms with Gasteiger partial charge in [-0.05, 0) is 25.7 Å². The number of likely N-dealkylation sites (tertiary alicyclic amines) is 1. The molecule has 7 heteroatoms. The molecule has 2 heterocycles. The highest BCUT2D eigenvalue weighted by Crippen LogP contribution is 2.52. The molecule has 7 nitrogen and oxygen atoms in total. The molecule has 2 spiro atoms. The minimum absolute atomic E-state index is 0.115. The molecule has 4 rings (SSSR count). The van der Waals surface area contributed by atoms with Gasteiger partial charge in [0.25, 0.3) is 5.91 Å². The molecule has 132 valence electrons. The van der Waals surface area contributed by atoms with E-state index in [2.05, 4.69) is 0 Å². The van der Waals surface area contributed by atoms with Crippen molar-refractivity contribution >= 4 is 17.8 Å². The Hall–Kier alpha value is -1.63. The van der Waals surface area contributed by atoms with Gasteiger partial charge in [-0.2, -0.15) is 0 Å². The fourth-order valence-electron chi connectivity index (χ4n) is 4.70. The molecular weight excluding hydrogens is 310 g/mol. The SMILES string of the molecule is CN1C(=O)N(CC(=O)N2CC(O)C3(CC3)C2)C(=O)C12CCCCC2. The number of hydrogen-bond acceptors (Lipinski definition) is 4. The third kappa shape index (κ3) is 2.10. The van der Waals surface area contributed by atoms with E-state index in [1.165, 1.54) is 0 Å². The van der Waals surface area contributed by atoms with E-state index in [-0.39, 0.29) is 29.8 Å². The maximum absolute atomic E-state index is 12.9. The lowest BCUT2D eigenvalue weighted by Gasteiger charge is -2.35. The number of β-amino-alcohol motifs (C(OH)–C–C–N with tert-alkyl or cyclic N) is 1. The van der Waals surface area contributed by atoms with Crippen LogP contribution in [-0.2, 0) is 9.59 Å². The van der Waals surface area contributed by atoms with Crippen LogP contribution in [0, 0.1) is 5.41 Å². The molecule has 1 atom stereocenters. The van der Waals surface area contributed by atoms with Crippen molar-refractivity contribution in [3.05, 3.63) is 0 Å². The van der Waals surface area contributed by atoms with Crippen molar-refractivity contribution in [2.75, 3.05) is 26.7 Å². The number of aliphatic hydroxyl groups is 1. The molecular formula is C17H25N3O4. The second-order valence-corrected chi connectivity index (χ2v) is 7.98. The van der Waals surface area contributed by atoms with Crippen molar-refractivity contribution in [3.8, 4) is 0 Å². The fraction of sp³-hybridized carbons (Fsp3) is 0.824. The lowest BCUT2D eigenvalue weighted by Crippen LogP contribution is -2.49. The summed E-state index contributed by atoms with van der Waals surface area (Å²) in [7, 11) is 1.68. The number of urea groups is 1. The standard InChI is InChI=1S/C17H25N3O4/c1-18-15(24)20(14(23)17(18)5-3-2-4-6-17)10-13(22)19-9-12(21)16(11-19)7-8-16/h12,21H,2-11H2,1H3. The van der Waals surface area contributed by atoms with Crippen LogP contribution in [0.25, 0.3) is 0 Å². The van der Waals surface area contributed by atoms with Gasteiger partial charge in [-0.25, -0.2) is 4.79 Å². The molecule has 0 bridgehead atoms. The highest BCUT2D eigenvalue weighted by atomic mass is 16.3. The average Bonchev–Trinajstić information content (AvgIpc) is 3.27. The Bertz CT molecular complexity index is 595. The highest BCUT2D eigenvalue weighted by Gasteiger charge is 2.58. The Morgan fingerprint density at radius 3 is 2.42 bits per heavy atom. The number of imide groups is 1. The molecule has 2 saturated heterocycles. The lowest BCUT2D eigenvalue weighted by atomic mass is 9.81. The van der Waals surface area contributed by atoms with Crippen LogP contribution in [0.4, 0.5) is 4.79 Å². The lowest BCUT2D eigenvalue weighted by molar-refractivity contribution is -0.140. The van der Waals surface area contributed by atoms with Gasteiger partial charge in [-0.15, -0.1) is 0 Å². The van der Waals surface area contributed by atoms with E-state index in [1.807, 2.05) is 0 Å². The van der Waals surface area contributed by atoms with Gasteiger partial charge in [0.1, 0.15) is 12.1 Å². The van der Waals surface area contributed by atoms with Gasteiger partial charge in [0.2, 0.25) is 5.91 Å². The number of rotatable bonds is 2. The van der Waals surface area contributed by atoms with E-state index < -0.39 is 11.6 Å². The van der Waals surface area contributed by atoms with Crippen molar-refractivity contribution in [2.45, 2.75) is 56.6 Å². The minimum Gasteiger partial charge on any atom is -0.391 e. The zero-order chi connectivity index (χ0) is 17.1. The second kappa shape index (κ2) is 5.18. The van der Waals surface area contributed by atoms with Crippen LogP contribution in [0.2, 0.25) is 0 Å². The van der Waals surface area contributed by atoms with Gasteiger partial charge >= 0.3 is 6.03 Å². The van der Waals surface area contributed by atoms with Crippen molar-refractivity contribution < 1.29 is 19.5 Å². The first-order valence-corrected chi connectivity index (χ1v) is 8.95. The van der Waals surface area contributed by atoms with Gasteiger partial charge in [0.15, 0.2) is 0 Å². The number of nitrogens with zero attached hydrogens (tertiary/aromatic N) is 3. The van der Waals surface area contributed by atoms with Crippen molar-refractivity contribution in [3.63, 3.8) is 0 Å². The molecule has 0 aromatic carbocycles. The van der Waals surface area contributed by atoms with Gasteiger partial charge < -0.3 is 14.9 Å². The topological polar surface area (TPSA) is 81.2 Å². The van der Waals surface area contributed by atoms with Gasteiger partial charge in [0, 0.05) is 25.6 Å². The van der Waals surface area contributed by atoms with E-state index in [0.29, 0.717) is 25.9 Å². The molecule has 2 aliphatic carbocycles. The van der Waals surface area contributed by atoms with Crippen LogP contribution < -0.4 is 0 Å². The minimum atomic E-state index is -0.738. The summed E-state index contributed by atoms with van der Waals surface area (Å²) < 4.78 is 0. The third-order valence-electron chi connectivity index (χ3n) is 6.63. The molecule has 0 aromatic rings. The van der Waals surface area contributed by atoms with Gasteiger partial charge in [-0.1, -0.05) is 19.3 Å². The van der Waals surface area contributed by atoms with Crippen LogP contribution in [0.3, 0.4) is 0 Å². The molecule has 4 fully saturated rings. The highest BCUT2D eigenvalue weighted by molar-refractivity contribution is 6.09. The van der Waals surface area contributed by atoms with Crippen LogP contribution in [0.1, 0.15) is 44.9 Å². The summed E-state index contributed by atoms with van der Waals surface area (Å²) in [5, 5.41) is 10.1. The van der Waals surface area contributed by atoms with Gasteiger partial charge in [0.05, 0.1) is 6.10 Å². The molecule has 24 heavy (non-hydrogen) atoms. The van der Waals surface area contributed by atoms with E-state index >= 15 is 0 Å². The molecule has 2 saturated carbocycles. The summed E-state index contributed by atoms with van der Waals surface area (Å²) in [4.78, 5) is 42.3. The monoisotopic (exact) mass is 335 g/mol. The number of amides is 4. The molecule has 2 aliphatic heterocycles. The first kappa shape index (κ1) is 15.9. The molecule has 4 aliphatic rings. The maximum Gasteiger partial charge on any atom is 0.327 e. The Morgan fingerprint density at radius 1 is 1.17 bits per heavy atom. The summed E-state index contributed by atoms with van der Waals surface area (Å²) in [6.45, 7) is 0.660. The Labute approximate surface area is 141 Å². The number of hydrogen-bond donors (Lipinski definition) is 1. The summed E-state index contributed by atoms with van der Waals surface area (Å²) in [6.07, 6.45) is 5.76. The zero-order valence-electron chi connectivity index (χ0n) is 14.2. The number of aliphatic hydroxyl groups excluding tert-OH is 1. The Kier molecular flexibility index (Phi) is 3.43. The van der Waals surface area contributed by atoms with Crippen LogP contribution in [0.5, 0.6) is 0 Å². The molecule has 1 N–H and O–H groups in total. The van der Waals surface area contributed by atoms with Crippen LogP contribution >= 0.6 is 0 Å². The van der Waals surface area contributed by atoms with E-state index in [4.69, 9.17) is 0 Å². The number of carbonyl (C=O) groups excluding carboxylic acids is 3. The van der Waals surface area contributed by atoms with Crippen LogP contribution in [-0.4, -0.2) is 76.0 Å². The second-order valence-electron chi connectivity index (χ2n) is 7.98. The number of carbonyl (C=O) groups is 3. The number of likely N-dealkylation sites (N-methyl/N-ethyl adjacent to an activating group) is 1. The largest absolute Gasteiger partial charge is 0.391 e. The van der Waals surface area contributed by atoms with Gasteiger partial charge in [-0.3, -0.25) is 14.5 Å².